The first-order valence-electron chi connectivity index (χ1n) is 33.6. The molecule has 0 bridgehead atoms. The van der Waals surface area contributed by atoms with Crippen LogP contribution in [0.3, 0.4) is 0 Å². The van der Waals surface area contributed by atoms with Crippen molar-refractivity contribution in [3.05, 3.63) is 85.1 Å². The van der Waals surface area contributed by atoms with E-state index in [1.54, 1.807) is 6.08 Å². The van der Waals surface area contributed by atoms with Crippen molar-refractivity contribution in [2.45, 2.75) is 341 Å². The Balaban J connectivity index is 4.38. The van der Waals surface area contributed by atoms with E-state index in [9.17, 15) is 14.4 Å². The lowest BCUT2D eigenvalue weighted by atomic mass is 10.0. The van der Waals surface area contributed by atoms with Crippen LogP contribution in [-0.4, -0.2) is 37.2 Å². The van der Waals surface area contributed by atoms with Crippen LogP contribution in [0.25, 0.3) is 0 Å². The Morgan fingerprint density at radius 1 is 0.282 bits per heavy atom. The summed E-state index contributed by atoms with van der Waals surface area (Å²) in [6.07, 6.45) is 87.7. The minimum atomic E-state index is -0.817. The molecular formula is C72H126O6. The van der Waals surface area contributed by atoms with Crippen LogP contribution < -0.4 is 0 Å². The predicted octanol–water partition coefficient (Wildman–Crippen LogP) is 23.1. The van der Waals surface area contributed by atoms with E-state index in [1.165, 1.54) is 218 Å². The molecule has 0 radical (unpaired) electrons. The molecule has 6 heteroatoms. The van der Waals surface area contributed by atoms with Crippen molar-refractivity contribution < 1.29 is 28.6 Å². The van der Waals surface area contributed by atoms with Crippen molar-refractivity contribution in [2.24, 2.45) is 0 Å². The molecule has 0 aromatic carbocycles. The summed E-state index contributed by atoms with van der Waals surface area (Å²) in [5.74, 6) is -1.02. The second-order valence-corrected chi connectivity index (χ2v) is 22.4. The molecule has 0 N–H and O–H groups in total. The topological polar surface area (TPSA) is 78.9 Å². The van der Waals surface area contributed by atoms with Gasteiger partial charge in [0.05, 0.1) is 6.42 Å². The summed E-state index contributed by atoms with van der Waals surface area (Å²) in [5, 5.41) is 0. The van der Waals surface area contributed by atoms with Crippen LogP contribution in [0.2, 0.25) is 0 Å². The summed E-state index contributed by atoms with van der Waals surface area (Å²) in [5.41, 5.74) is 0. The fourth-order valence-corrected chi connectivity index (χ4v) is 9.67. The highest BCUT2D eigenvalue weighted by Gasteiger charge is 2.19. The van der Waals surface area contributed by atoms with Gasteiger partial charge in [0.2, 0.25) is 0 Å². The van der Waals surface area contributed by atoms with E-state index >= 15 is 0 Å². The molecule has 0 saturated heterocycles. The summed E-state index contributed by atoms with van der Waals surface area (Å²) in [4.78, 5) is 38.3. The molecule has 78 heavy (non-hydrogen) atoms. The van der Waals surface area contributed by atoms with Crippen LogP contribution in [0.5, 0.6) is 0 Å². The van der Waals surface area contributed by atoms with Gasteiger partial charge in [0, 0.05) is 12.8 Å². The molecule has 0 amide bonds. The van der Waals surface area contributed by atoms with Gasteiger partial charge in [-0.2, -0.15) is 0 Å². The second-order valence-electron chi connectivity index (χ2n) is 22.4. The van der Waals surface area contributed by atoms with Crippen LogP contribution in [-0.2, 0) is 28.6 Å². The molecule has 1 atom stereocenters. The van der Waals surface area contributed by atoms with Gasteiger partial charge in [0.1, 0.15) is 13.2 Å². The van der Waals surface area contributed by atoms with E-state index in [1.807, 2.05) is 6.08 Å². The molecule has 0 aromatic rings. The van der Waals surface area contributed by atoms with Gasteiger partial charge in [0.25, 0.3) is 0 Å². The Morgan fingerprint density at radius 3 is 0.897 bits per heavy atom. The Morgan fingerprint density at radius 2 is 0.551 bits per heavy atom. The number of allylic oxidation sites excluding steroid dienone is 13. The Kier molecular flexibility index (Phi) is 63.2. The van der Waals surface area contributed by atoms with Crippen LogP contribution in [0.1, 0.15) is 335 Å². The van der Waals surface area contributed by atoms with Gasteiger partial charge in [-0.1, -0.05) is 324 Å². The van der Waals surface area contributed by atoms with Gasteiger partial charge in [0.15, 0.2) is 6.10 Å². The summed E-state index contributed by atoms with van der Waals surface area (Å²) >= 11 is 0. The largest absolute Gasteiger partial charge is 0.462 e. The number of carbonyl (C=O) groups excluding carboxylic acids is 3. The second kappa shape index (κ2) is 66.1. The SMILES string of the molecule is CC/C=C\C/C=C\C/C=C\C/C=C\C/C=C\CC(=O)OCC(COC(=O)CCCCCCCCCCCCC/C=C\C/C=C\CCCCCCC)OC(=O)CCCCCCCCCCCCCCCCCCCCCCCC. The molecule has 1 unspecified atom stereocenters. The highest BCUT2D eigenvalue weighted by molar-refractivity contribution is 5.72. The molecular weight excluding hydrogens is 961 g/mol. The van der Waals surface area contributed by atoms with Crippen molar-refractivity contribution >= 4 is 17.9 Å². The maximum Gasteiger partial charge on any atom is 0.309 e. The maximum atomic E-state index is 12.9. The van der Waals surface area contributed by atoms with Crippen LogP contribution in [0.4, 0.5) is 0 Å². The summed E-state index contributed by atoms with van der Waals surface area (Å²) in [6.45, 7) is 6.47. The van der Waals surface area contributed by atoms with E-state index in [2.05, 4.69) is 93.7 Å². The Bertz CT molecular complexity index is 1480. The predicted molar refractivity (Wildman–Crippen MR) is 339 cm³/mol. The fourth-order valence-electron chi connectivity index (χ4n) is 9.67. The summed E-state index contributed by atoms with van der Waals surface area (Å²) in [7, 11) is 0. The standard InChI is InChI=1S/C72H126O6/c1-4-7-10-13-16-19-22-25-28-30-32-34-36-38-39-41-44-47-50-53-56-59-62-65-71(74)77-68-69(67-76-70(73)64-61-58-55-52-49-46-43-27-24-21-18-15-12-9-6-3)78-72(75)66-63-60-57-54-51-48-45-42-40-37-35-33-31-29-26-23-20-17-14-11-8-5-2/h9,12,18,21-22,25,27,30,32,43,49,52,58,61,69H,4-8,10-11,13-17,19-20,23-24,26,28-29,31,33-42,44-48,50-51,53-57,59-60,62-68H2,1-3H3/b12-9-,21-18-,25-22-,32-30-,43-27-,52-49-,61-58-. The van der Waals surface area contributed by atoms with Gasteiger partial charge < -0.3 is 14.2 Å². The van der Waals surface area contributed by atoms with Crippen LogP contribution >= 0.6 is 0 Å². The quantitative estimate of drug-likeness (QED) is 0.0261. The number of ether oxygens (including phenoxy) is 3. The average Bonchev–Trinajstić information content (AvgIpc) is 3.44. The zero-order valence-electron chi connectivity index (χ0n) is 51.7. The molecule has 0 aliphatic rings. The van der Waals surface area contributed by atoms with E-state index in [0.717, 1.165) is 77.0 Å². The third-order valence-corrected chi connectivity index (χ3v) is 14.7. The third-order valence-electron chi connectivity index (χ3n) is 14.7. The summed E-state index contributed by atoms with van der Waals surface area (Å²) in [6, 6.07) is 0. The number of unbranched alkanes of at least 4 members (excludes halogenated alkanes) is 37. The maximum absolute atomic E-state index is 12.9. The lowest BCUT2D eigenvalue weighted by Gasteiger charge is -2.18. The first-order valence-corrected chi connectivity index (χ1v) is 33.6. The molecule has 0 saturated carbocycles. The van der Waals surface area contributed by atoms with Crippen LogP contribution in [0.15, 0.2) is 85.1 Å². The highest BCUT2D eigenvalue weighted by atomic mass is 16.6. The molecule has 0 rings (SSSR count). The first kappa shape index (κ1) is 74.6. The number of esters is 3. The summed E-state index contributed by atoms with van der Waals surface area (Å²) < 4.78 is 16.9. The number of hydrogen-bond donors (Lipinski definition) is 0. The zero-order valence-corrected chi connectivity index (χ0v) is 51.7. The molecule has 0 fully saturated rings. The molecule has 0 aliphatic heterocycles. The molecule has 0 spiro atoms. The highest BCUT2D eigenvalue weighted by Crippen LogP contribution is 2.17. The van der Waals surface area contributed by atoms with Gasteiger partial charge in [-0.05, 0) is 77.0 Å². The third kappa shape index (κ3) is 63.4. The van der Waals surface area contributed by atoms with Gasteiger partial charge in [-0.25, -0.2) is 0 Å². The normalized spacial score (nSPS) is 12.6. The van der Waals surface area contributed by atoms with Crippen molar-refractivity contribution in [3.8, 4) is 0 Å². The van der Waals surface area contributed by atoms with Crippen molar-refractivity contribution in [1.29, 1.82) is 0 Å². The van der Waals surface area contributed by atoms with Crippen molar-refractivity contribution in [1.82, 2.24) is 0 Å². The minimum absolute atomic E-state index is 0.105. The molecule has 0 aliphatic carbocycles. The average molecular weight is 1090 g/mol. The number of hydrogen-bond acceptors (Lipinski definition) is 6. The minimum Gasteiger partial charge on any atom is -0.462 e. The van der Waals surface area contributed by atoms with E-state index in [0.29, 0.717) is 12.8 Å². The lowest BCUT2D eigenvalue weighted by Crippen LogP contribution is -2.30. The number of carbonyl (C=O) groups is 3. The first-order chi connectivity index (χ1) is 38.5. The Labute approximate surface area is 484 Å². The van der Waals surface area contributed by atoms with Gasteiger partial charge >= 0.3 is 17.9 Å². The lowest BCUT2D eigenvalue weighted by molar-refractivity contribution is -0.166. The van der Waals surface area contributed by atoms with Gasteiger partial charge in [-0.15, -0.1) is 0 Å². The monoisotopic (exact) mass is 1090 g/mol. The van der Waals surface area contributed by atoms with Gasteiger partial charge in [-0.3, -0.25) is 14.4 Å². The van der Waals surface area contributed by atoms with E-state index in [4.69, 9.17) is 14.2 Å². The molecule has 0 aromatic heterocycles. The molecule has 0 heterocycles. The molecule has 450 valence electrons. The molecule has 6 nitrogen and oxygen atoms in total. The smallest absolute Gasteiger partial charge is 0.309 e. The van der Waals surface area contributed by atoms with E-state index < -0.39 is 12.1 Å². The fraction of sp³-hybridized carbons (Fsp3) is 0.764. The van der Waals surface area contributed by atoms with E-state index in [-0.39, 0.29) is 31.6 Å². The number of rotatable bonds is 61. The Hall–Kier alpha value is -3.41. The van der Waals surface area contributed by atoms with Crippen molar-refractivity contribution in [2.75, 3.05) is 13.2 Å². The van der Waals surface area contributed by atoms with Crippen LogP contribution in [0, 0.1) is 0 Å². The van der Waals surface area contributed by atoms with Crippen molar-refractivity contribution in [3.63, 3.8) is 0 Å². The zero-order chi connectivity index (χ0) is 56.4.